The summed E-state index contributed by atoms with van der Waals surface area (Å²) in [6.07, 6.45) is 1.09. The van der Waals surface area contributed by atoms with Crippen molar-refractivity contribution in [2.24, 2.45) is 10.2 Å². The third-order valence-corrected chi connectivity index (χ3v) is 3.83. The third kappa shape index (κ3) is 2.68. The van der Waals surface area contributed by atoms with E-state index in [1.807, 2.05) is 30.3 Å². The first-order valence-corrected chi connectivity index (χ1v) is 7.03. The van der Waals surface area contributed by atoms with Crippen molar-refractivity contribution in [2.45, 2.75) is 6.42 Å². The number of anilines is 1. The van der Waals surface area contributed by atoms with Gasteiger partial charge in [0.25, 0.3) is 0 Å². The predicted molar refractivity (Wildman–Crippen MR) is 81.7 cm³/mol. The van der Waals surface area contributed by atoms with Crippen LogP contribution < -0.4 is 4.90 Å². The molecule has 0 saturated heterocycles. The fourth-order valence-corrected chi connectivity index (χ4v) is 2.50. The van der Waals surface area contributed by atoms with Crippen molar-refractivity contribution in [2.75, 3.05) is 18.5 Å². The number of likely N-dealkylation sites (N-methyl/N-ethyl adjacent to an activating group) is 1. The van der Waals surface area contributed by atoms with Crippen LogP contribution in [0, 0.1) is 0 Å². The predicted octanol–water partition coefficient (Wildman–Crippen LogP) is 4.86. The highest BCUT2D eigenvalue weighted by atomic mass is 79.9. The first-order chi connectivity index (χ1) is 9.22. The standard InChI is InChI=1S/C15H14BrN3/c1-19-9-8-11-10-14(6-7-15(11)19)18-17-13-4-2-12(16)3-5-13/h2-7,10H,8-9H2,1H3. The van der Waals surface area contributed by atoms with Crippen LogP contribution in [0.5, 0.6) is 0 Å². The zero-order chi connectivity index (χ0) is 13.2. The number of hydrogen-bond donors (Lipinski definition) is 0. The second-order valence-electron chi connectivity index (χ2n) is 4.66. The SMILES string of the molecule is CN1CCc2cc(N=Nc3ccc(Br)cc3)ccc21. The smallest absolute Gasteiger partial charge is 0.0861 e. The Balaban J connectivity index is 1.82. The lowest BCUT2D eigenvalue weighted by Gasteiger charge is -2.11. The third-order valence-electron chi connectivity index (χ3n) is 3.30. The Morgan fingerprint density at radius 3 is 2.47 bits per heavy atom. The van der Waals surface area contributed by atoms with Crippen LogP contribution in [0.4, 0.5) is 17.1 Å². The molecule has 19 heavy (non-hydrogen) atoms. The first kappa shape index (κ1) is 12.4. The van der Waals surface area contributed by atoms with Gasteiger partial charge in [0.15, 0.2) is 0 Å². The summed E-state index contributed by atoms with van der Waals surface area (Å²) in [5.74, 6) is 0. The molecule has 0 spiro atoms. The van der Waals surface area contributed by atoms with Gasteiger partial charge in [0.1, 0.15) is 0 Å². The maximum atomic E-state index is 4.30. The van der Waals surface area contributed by atoms with Crippen LogP contribution in [0.2, 0.25) is 0 Å². The average molecular weight is 316 g/mol. The molecular weight excluding hydrogens is 302 g/mol. The van der Waals surface area contributed by atoms with Crippen LogP contribution in [0.15, 0.2) is 57.2 Å². The fraction of sp³-hybridized carbons (Fsp3) is 0.200. The molecule has 0 amide bonds. The van der Waals surface area contributed by atoms with E-state index >= 15 is 0 Å². The van der Waals surface area contributed by atoms with E-state index in [0.29, 0.717) is 0 Å². The summed E-state index contributed by atoms with van der Waals surface area (Å²) in [6, 6.07) is 14.1. The van der Waals surface area contributed by atoms with Gasteiger partial charge in [0.2, 0.25) is 0 Å². The summed E-state index contributed by atoms with van der Waals surface area (Å²) in [6.45, 7) is 1.09. The van der Waals surface area contributed by atoms with Gasteiger partial charge in [-0.25, -0.2) is 0 Å². The highest BCUT2D eigenvalue weighted by molar-refractivity contribution is 9.10. The molecule has 0 radical (unpaired) electrons. The summed E-state index contributed by atoms with van der Waals surface area (Å²) in [5, 5.41) is 8.55. The van der Waals surface area contributed by atoms with Gasteiger partial charge in [0.05, 0.1) is 11.4 Å². The molecule has 3 rings (SSSR count). The number of hydrogen-bond acceptors (Lipinski definition) is 3. The molecule has 2 aromatic rings. The molecule has 0 aliphatic carbocycles. The highest BCUT2D eigenvalue weighted by Gasteiger charge is 2.15. The van der Waals surface area contributed by atoms with E-state index in [4.69, 9.17) is 0 Å². The molecule has 2 aromatic carbocycles. The Morgan fingerprint density at radius 1 is 1.00 bits per heavy atom. The minimum absolute atomic E-state index is 0.862. The number of azo groups is 1. The molecule has 0 fully saturated rings. The molecule has 4 heteroatoms. The molecular formula is C15H14BrN3. The summed E-state index contributed by atoms with van der Waals surface area (Å²) in [4.78, 5) is 2.27. The highest BCUT2D eigenvalue weighted by Crippen LogP contribution is 2.31. The van der Waals surface area contributed by atoms with Crippen LogP contribution >= 0.6 is 15.9 Å². The molecule has 1 aliphatic heterocycles. The summed E-state index contributed by atoms with van der Waals surface area (Å²) >= 11 is 3.40. The molecule has 3 nitrogen and oxygen atoms in total. The Bertz CT molecular complexity index is 620. The largest absolute Gasteiger partial charge is 0.374 e. The van der Waals surface area contributed by atoms with Crippen LogP contribution in [-0.2, 0) is 6.42 Å². The second-order valence-corrected chi connectivity index (χ2v) is 5.58. The van der Waals surface area contributed by atoms with Gasteiger partial charge >= 0.3 is 0 Å². The topological polar surface area (TPSA) is 28.0 Å². The lowest BCUT2D eigenvalue weighted by atomic mass is 10.1. The molecule has 1 heterocycles. The van der Waals surface area contributed by atoms with E-state index < -0.39 is 0 Å². The average Bonchev–Trinajstić information content (AvgIpc) is 2.79. The zero-order valence-electron chi connectivity index (χ0n) is 10.7. The summed E-state index contributed by atoms with van der Waals surface area (Å²) in [7, 11) is 2.12. The van der Waals surface area contributed by atoms with Gasteiger partial charge in [-0.1, -0.05) is 15.9 Å². The van der Waals surface area contributed by atoms with Gasteiger partial charge in [-0.15, -0.1) is 0 Å². The van der Waals surface area contributed by atoms with E-state index in [2.05, 4.69) is 50.2 Å². The van der Waals surface area contributed by atoms with E-state index in [-0.39, 0.29) is 0 Å². The molecule has 96 valence electrons. The molecule has 0 unspecified atom stereocenters. The molecule has 0 N–H and O–H groups in total. The lowest BCUT2D eigenvalue weighted by Crippen LogP contribution is -2.12. The van der Waals surface area contributed by atoms with Crippen LogP contribution in [0.1, 0.15) is 5.56 Å². The van der Waals surface area contributed by atoms with E-state index in [9.17, 15) is 0 Å². The molecule has 0 atom stereocenters. The van der Waals surface area contributed by atoms with Gasteiger partial charge in [0, 0.05) is 23.8 Å². The normalized spacial score (nSPS) is 14.1. The van der Waals surface area contributed by atoms with Gasteiger partial charge < -0.3 is 4.90 Å². The van der Waals surface area contributed by atoms with Crippen molar-refractivity contribution in [1.29, 1.82) is 0 Å². The Labute approximate surface area is 121 Å². The quantitative estimate of drug-likeness (QED) is 0.727. The number of halogens is 1. The Kier molecular flexibility index (Phi) is 3.34. The van der Waals surface area contributed by atoms with Crippen molar-refractivity contribution in [1.82, 2.24) is 0 Å². The lowest BCUT2D eigenvalue weighted by molar-refractivity contribution is 0.956. The summed E-state index contributed by atoms with van der Waals surface area (Å²) < 4.78 is 1.05. The number of benzene rings is 2. The maximum Gasteiger partial charge on any atom is 0.0861 e. The monoisotopic (exact) mass is 315 g/mol. The van der Waals surface area contributed by atoms with Crippen molar-refractivity contribution in [3.63, 3.8) is 0 Å². The molecule has 0 saturated carbocycles. The molecule has 0 bridgehead atoms. The van der Waals surface area contributed by atoms with Crippen LogP contribution in [-0.4, -0.2) is 13.6 Å². The zero-order valence-corrected chi connectivity index (χ0v) is 12.3. The number of rotatable bonds is 2. The maximum absolute atomic E-state index is 4.30. The molecule has 0 aromatic heterocycles. The number of nitrogens with zero attached hydrogens (tertiary/aromatic N) is 3. The van der Waals surface area contributed by atoms with Crippen LogP contribution in [0.25, 0.3) is 0 Å². The summed E-state index contributed by atoms with van der Waals surface area (Å²) in [5.41, 5.74) is 4.44. The number of fused-ring (bicyclic) bond motifs is 1. The van der Waals surface area contributed by atoms with E-state index in [0.717, 1.165) is 28.8 Å². The van der Waals surface area contributed by atoms with Crippen molar-refractivity contribution < 1.29 is 0 Å². The Morgan fingerprint density at radius 2 is 1.68 bits per heavy atom. The minimum Gasteiger partial charge on any atom is -0.374 e. The van der Waals surface area contributed by atoms with Crippen molar-refractivity contribution >= 4 is 33.0 Å². The fourth-order valence-electron chi connectivity index (χ4n) is 2.24. The van der Waals surface area contributed by atoms with E-state index in [1.165, 1.54) is 11.3 Å². The van der Waals surface area contributed by atoms with E-state index in [1.54, 1.807) is 0 Å². The second kappa shape index (κ2) is 5.13. The minimum atomic E-state index is 0.862. The first-order valence-electron chi connectivity index (χ1n) is 6.24. The van der Waals surface area contributed by atoms with Gasteiger partial charge in [-0.2, -0.15) is 10.2 Å². The van der Waals surface area contributed by atoms with Crippen molar-refractivity contribution in [3.05, 3.63) is 52.5 Å². The molecule has 1 aliphatic rings. The van der Waals surface area contributed by atoms with Gasteiger partial charge in [-0.05, 0) is 54.4 Å². The van der Waals surface area contributed by atoms with Crippen LogP contribution in [0.3, 0.4) is 0 Å². The van der Waals surface area contributed by atoms with Crippen molar-refractivity contribution in [3.8, 4) is 0 Å². The van der Waals surface area contributed by atoms with Gasteiger partial charge in [-0.3, -0.25) is 0 Å². The Hall–Kier alpha value is -1.68.